The third kappa shape index (κ3) is 1.44. The van der Waals surface area contributed by atoms with Crippen molar-refractivity contribution >= 4 is 11.9 Å². The highest BCUT2D eigenvalue weighted by Crippen LogP contribution is 2.30. The Labute approximate surface area is 97.6 Å². The van der Waals surface area contributed by atoms with Crippen LogP contribution in [0.3, 0.4) is 0 Å². The maximum atomic E-state index is 11.6. The van der Waals surface area contributed by atoms with Crippen molar-refractivity contribution in [1.29, 1.82) is 0 Å². The Bertz CT molecular complexity index is 615. The Morgan fingerprint density at radius 2 is 1.71 bits per heavy atom. The summed E-state index contributed by atoms with van der Waals surface area (Å²) in [5.74, 6) is -1.17. The van der Waals surface area contributed by atoms with Crippen LogP contribution in [0.5, 0.6) is 0 Å². The summed E-state index contributed by atoms with van der Waals surface area (Å²) in [5, 5.41) is 0. The van der Waals surface area contributed by atoms with Gasteiger partial charge < -0.3 is 4.74 Å². The van der Waals surface area contributed by atoms with E-state index in [-0.39, 0.29) is 0 Å². The molecule has 3 rings (SSSR count). The molecule has 81 valence electrons. The number of cyclic esters (lactones) is 2. The molecule has 2 aromatic carbocycles. The van der Waals surface area contributed by atoms with E-state index in [1.54, 1.807) is 24.3 Å². The van der Waals surface area contributed by atoms with Crippen molar-refractivity contribution in [3.8, 4) is 11.1 Å². The third-order valence-electron chi connectivity index (χ3n) is 2.67. The van der Waals surface area contributed by atoms with Crippen LogP contribution in [0.15, 0.2) is 42.5 Å². The van der Waals surface area contributed by atoms with Gasteiger partial charge in [-0.05, 0) is 23.3 Å². The van der Waals surface area contributed by atoms with E-state index in [2.05, 4.69) is 10.8 Å². The number of carbonyl (C=O) groups excluding carboxylic acids is 2. The number of hydrogen-bond acceptors (Lipinski definition) is 3. The molecule has 1 aliphatic heterocycles. The van der Waals surface area contributed by atoms with Gasteiger partial charge in [-0.25, -0.2) is 9.59 Å². The van der Waals surface area contributed by atoms with Gasteiger partial charge in [0.1, 0.15) is 0 Å². The normalized spacial score (nSPS) is 13.4. The molecule has 17 heavy (non-hydrogen) atoms. The average molecular weight is 223 g/mol. The van der Waals surface area contributed by atoms with E-state index >= 15 is 0 Å². The molecule has 1 heterocycles. The number of ether oxygens (including phenoxy) is 1. The predicted octanol–water partition coefficient (Wildman–Crippen LogP) is 2.46. The van der Waals surface area contributed by atoms with E-state index in [1.807, 2.05) is 18.2 Å². The lowest BCUT2D eigenvalue weighted by Crippen LogP contribution is -1.98. The molecular weight excluding hydrogens is 216 g/mol. The largest absolute Gasteiger partial charge is 0.386 e. The second-order valence-corrected chi connectivity index (χ2v) is 3.68. The molecule has 0 saturated carbocycles. The molecule has 0 aliphatic carbocycles. The summed E-state index contributed by atoms with van der Waals surface area (Å²) >= 11 is 0. The van der Waals surface area contributed by atoms with Crippen molar-refractivity contribution in [2.75, 3.05) is 0 Å². The molecule has 0 amide bonds. The standard InChI is InChI=1S/C14H7O3/c15-13-11-8-4-7-10(12(11)14(16)17-13)9-5-2-1-3-6-9/h1-5,7-8H. The van der Waals surface area contributed by atoms with Crippen molar-refractivity contribution in [3.63, 3.8) is 0 Å². The average Bonchev–Trinajstić information content (AvgIpc) is 2.66. The van der Waals surface area contributed by atoms with Gasteiger partial charge in [0.25, 0.3) is 0 Å². The van der Waals surface area contributed by atoms with Gasteiger partial charge in [0.15, 0.2) is 0 Å². The number of esters is 2. The molecule has 0 fully saturated rings. The maximum absolute atomic E-state index is 11.6. The molecule has 0 saturated heterocycles. The van der Waals surface area contributed by atoms with Crippen LogP contribution in [0.2, 0.25) is 0 Å². The van der Waals surface area contributed by atoms with Gasteiger partial charge in [-0.2, -0.15) is 0 Å². The predicted molar refractivity (Wildman–Crippen MR) is 60.5 cm³/mol. The Morgan fingerprint density at radius 3 is 2.47 bits per heavy atom. The highest BCUT2D eigenvalue weighted by Gasteiger charge is 2.32. The summed E-state index contributed by atoms with van der Waals surface area (Å²) < 4.78 is 4.60. The number of rotatable bonds is 1. The van der Waals surface area contributed by atoms with Crippen LogP contribution >= 0.6 is 0 Å². The molecule has 1 radical (unpaired) electrons. The first kappa shape index (κ1) is 9.78. The van der Waals surface area contributed by atoms with E-state index in [9.17, 15) is 9.59 Å². The summed E-state index contributed by atoms with van der Waals surface area (Å²) in [6.07, 6.45) is 0. The molecule has 3 nitrogen and oxygen atoms in total. The maximum Gasteiger partial charge on any atom is 0.347 e. The van der Waals surface area contributed by atoms with Crippen molar-refractivity contribution in [1.82, 2.24) is 0 Å². The smallest absolute Gasteiger partial charge is 0.347 e. The number of fused-ring (bicyclic) bond motifs is 1. The number of hydrogen-bond donors (Lipinski definition) is 0. The summed E-state index contributed by atoms with van der Waals surface area (Å²) in [6, 6.07) is 15.4. The van der Waals surface area contributed by atoms with Crippen molar-refractivity contribution in [3.05, 3.63) is 59.7 Å². The minimum Gasteiger partial charge on any atom is -0.386 e. The SMILES string of the molecule is O=C1OC(=O)c2c1cccc2-c1[c]cccc1. The lowest BCUT2D eigenvalue weighted by molar-refractivity contribution is 0.0444. The summed E-state index contributed by atoms with van der Waals surface area (Å²) in [5.41, 5.74) is 2.11. The molecule has 0 N–H and O–H groups in total. The first-order valence-electron chi connectivity index (χ1n) is 5.14. The zero-order valence-corrected chi connectivity index (χ0v) is 8.77. The van der Waals surface area contributed by atoms with Crippen LogP contribution in [-0.2, 0) is 4.74 Å². The second-order valence-electron chi connectivity index (χ2n) is 3.68. The van der Waals surface area contributed by atoms with Gasteiger partial charge in [-0.15, -0.1) is 0 Å². The highest BCUT2D eigenvalue weighted by molar-refractivity contribution is 6.17. The van der Waals surface area contributed by atoms with Crippen LogP contribution in [0, 0.1) is 6.07 Å². The van der Waals surface area contributed by atoms with Crippen LogP contribution in [0.4, 0.5) is 0 Å². The Hall–Kier alpha value is -2.42. The van der Waals surface area contributed by atoms with Gasteiger partial charge in [-0.1, -0.05) is 36.4 Å². The van der Waals surface area contributed by atoms with Crippen LogP contribution < -0.4 is 0 Å². The van der Waals surface area contributed by atoms with E-state index in [0.717, 1.165) is 5.56 Å². The molecule has 0 unspecified atom stereocenters. The first-order valence-corrected chi connectivity index (χ1v) is 5.14. The fraction of sp³-hybridized carbons (Fsp3) is 0. The minimum atomic E-state index is -0.585. The quantitative estimate of drug-likeness (QED) is 0.551. The molecule has 2 aromatic rings. The van der Waals surface area contributed by atoms with Gasteiger partial charge >= 0.3 is 11.9 Å². The summed E-state index contributed by atoms with van der Waals surface area (Å²) in [6.45, 7) is 0. The van der Waals surface area contributed by atoms with Crippen molar-refractivity contribution in [2.24, 2.45) is 0 Å². The first-order chi connectivity index (χ1) is 8.27. The molecule has 0 aromatic heterocycles. The van der Waals surface area contributed by atoms with Gasteiger partial charge in [0.2, 0.25) is 0 Å². The Kier molecular flexibility index (Phi) is 2.05. The topological polar surface area (TPSA) is 43.4 Å². The highest BCUT2D eigenvalue weighted by atomic mass is 16.6. The molecule has 1 aliphatic rings. The van der Waals surface area contributed by atoms with Crippen LogP contribution in [0.1, 0.15) is 20.7 Å². The molecule has 0 spiro atoms. The van der Waals surface area contributed by atoms with E-state index in [4.69, 9.17) is 0 Å². The number of carbonyl (C=O) groups is 2. The Balaban J connectivity index is 2.27. The molecule has 0 atom stereocenters. The van der Waals surface area contributed by atoms with Gasteiger partial charge in [-0.3, -0.25) is 0 Å². The second kappa shape index (κ2) is 3.56. The molecular formula is C14H7O3. The molecule has 3 heteroatoms. The van der Waals surface area contributed by atoms with Crippen molar-refractivity contribution in [2.45, 2.75) is 0 Å². The van der Waals surface area contributed by atoms with Crippen LogP contribution in [0.25, 0.3) is 11.1 Å². The minimum absolute atomic E-state index is 0.324. The van der Waals surface area contributed by atoms with Crippen LogP contribution in [-0.4, -0.2) is 11.9 Å². The fourth-order valence-electron chi connectivity index (χ4n) is 1.92. The van der Waals surface area contributed by atoms with E-state index in [1.165, 1.54) is 0 Å². The summed E-state index contributed by atoms with van der Waals surface area (Å²) in [4.78, 5) is 23.0. The van der Waals surface area contributed by atoms with Gasteiger partial charge in [0, 0.05) is 0 Å². The summed E-state index contributed by atoms with van der Waals surface area (Å²) in [7, 11) is 0. The zero-order chi connectivity index (χ0) is 11.8. The zero-order valence-electron chi connectivity index (χ0n) is 8.77. The lowest BCUT2D eigenvalue weighted by Gasteiger charge is -2.03. The van der Waals surface area contributed by atoms with E-state index in [0.29, 0.717) is 16.7 Å². The van der Waals surface area contributed by atoms with Gasteiger partial charge in [0.05, 0.1) is 11.1 Å². The van der Waals surface area contributed by atoms with Crippen molar-refractivity contribution < 1.29 is 14.3 Å². The fourth-order valence-corrected chi connectivity index (χ4v) is 1.92. The Morgan fingerprint density at radius 1 is 0.882 bits per heavy atom. The third-order valence-corrected chi connectivity index (χ3v) is 2.67. The number of benzene rings is 2. The molecule has 0 bridgehead atoms. The van der Waals surface area contributed by atoms with E-state index < -0.39 is 11.9 Å². The lowest BCUT2D eigenvalue weighted by atomic mass is 9.97. The monoisotopic (exact) mass is 223 g/mol.